The Balaban J connectivity index is 0.00000112. The zero-order valence-electron chi connectivity index (χ0n) is 8.37. The molecule has 2 aromatic rings. The molecule has 0 fully saturated rings. The lowest BCUT2D eigenvalue weighted by atomic mass is 10.3. The van der Waals surface area contributed by atoms with Crippen LogP contribution in [0.5, 0.6) is 0 Å². The first kappa shape index (κ1) is 11.5. The zero-order chi connectivity index (χ0) is 9.80. The minimum absolute atomic E-state index is 0. The number of benzene rings is 1. The summed E-state index contributed by atoms with van der Waals surface area (Å²) >= 11 is 0. The van der Waals surface area contributed by atoms with Gasteiger partial charge in [-0.1, -0.05) is 18.2 Å². The highest BCUT2D eigenvalue weighted by atomic mass is 35.5. The molecule has 0 aliphatic heterocycles. The van der Waals surface area contributed by atoms with Gasteiger partial charge in [0, 0.05) is 13.2 Å². The zero-order valence-corrected chi connectivity index (χ0v) is 9.19. The van der Waals surface area contributed by atoms with Gasteiger partial charge in [0.25, 0.3) is 0 Å². The van der Waals surface area contributed by atoms with Crippen molar-refractivity contribution in [1.29, 1.82) is 0 Å². The third-order valence-corrected chi connectivity index (χ3v) is 1.98. The van der Waals surface area contributed by atoms with Crippen molar-refractivity contribution in [3.63, 3.8) is 0 Å². The Morgan fingerprint density at radius 1 is 1.13 bits per heavy atom. The van der Waals surface area contributed by atoms with Crippen molar-refractivity contribution in [1.82, 2.24) is 9.78 Å². The number of hydrogen-bond acceptors (Lipinski definition) is 2. The molecular formula is C11H12ClN3. The standard InChI is InChI=1S/C11H11N3.ClH/c1-12-10-7-8-14(13-9-10)11-5-3-2-4-6-11;/h2-9H,1H3;1H. The van der Waals surface area contributed by atoms with Crippen molar-refractivity contribution in [2.45, 2.75) is 0 Å². The maximum absolute atomic E-state index is 4.24. The molecule has 0 aliphatic carbocycles. The summed E-state index contributed by atoms with van der Waals surface area (Å²) in [5.41, 5.74) is 1.05. The fourth-order valence-corrected chi connectivity index (χ4v) is 1.22. The number of halogens is 1. The smallest absolute Gasteiger partial charge is 0.0787 e. The SMILES string of the molecule is CN=c1ccn(-c2ccccc2)nc1.Cl. The van der Waals surface area contributed by atoms with Crippen molar-refractivity contribution in [3.05, 3.63) is 54.1 Å². The summed E-state index contributed by atoms with van der Waals surface area (Å²) in [6.45, 7) is 0. The Morgan fingerprint density at radius 3 is 2.40 bits per heavy atom. The van der Waals surface area contributed by atoms with E-state index < -0.39 is 0 Å². The number of nitrogens with zero attached hydrogens (tertiary/aromatic N) is 3. The summed E-state index contributed by atoms with van der Waals surface area (Å²) in [4.78, 5) is 4.03. The predicted molar refractivity (Wildman–Crippen MR) is 62.3 cm³/mol. The van der Waals surface area contributed by atoms with Gasteiger partial charge in [-0.05, 0) is 18.2 Å². The van der Waals surface area contributed by atoms with Gasteiger partial charge < -0.3 is 0 Å². The topological polar surface area (TPSA) is 30.2 Å². The van der Waals surface area contributed by atoms with Gasteiger partial charge in [0.05, 0.1) is 17.2 Å². The predicted octanol–water partition coefficient (Wildman–Crippen LogP) is 1.82. The molecule has 0 aliphatic rings. The van der Waals surface area contributed by atoms with Crippen LogP contribution < -0.4 is 5.36 Å². The van der Waals surface area contributed by atoms with E-state index in [2.05, 4.69) is 10.1 Å². The molecule has 0 saturated heterocycles. The second-order valence-corrected chi connectivity index (χ2v) is 2.89. The molecule has 0 radical (unpaired) electrons. The molecule has 1 aromatic heterocycles. The van der Waals surface area contributed by atoms with Gasteiger partial charge in [-0.25, -0.2) is 4.68 Å². The first-order chi connectivity index (χ1) is 6.90. The highest BCUT2D eigenvalue weighted by molar-refractivity contribution is 5.85. The Morgan fingerprint density at radius 2 is 1.87 bits per heavy atom. The molecule has 0 N–H and O–H groups in total. The lowest BCUT2D eigenvalue weighted by Gasteiger charge is -2.02. The van der Waals surface area contributed by atoms with Crippen LogP contribution in [0, 0.1) is 0 Å². The maximum Gasteiger partial charge on any atom is 0.0787 e. The molecule has 0 atom stereocenters. The molecule has 1 heterocycles. The summed E-state index contributed by atoms with van der Waals surface area (Å²) in [5, 5.41) is 5.13. The molecular weight excluding hydrogens is 210 g/mol. The summed E-state index contributed by atoms with van der Waals surface area (Å²) < 4.78 is 1.81. The van der Waals surface area contributed by atoms with E-state index in [0.717, 1.165) is 11.0 Å². The first-order valence-corrected chi connectivity index (χ1v) is 4.43. The minimum atomic E-state index is 0. The molecule has 0 amide bonds. The summed E-state index contributed by atoms with van der Waals surface area (Å²) in [6.07, 6.45) is 3.64. The van der Waals surface area contributed by atoms with Gasteiger partial charge in [-0.2, -0.15) is 5.10 Å². The van der Waals surface area contributed by atoms with E-state index in [1.165, 1.54) is 0 Å². The quantitative estimate of drug-likeness (QED) is 0.723. The molecule has 15 heavy (non-hydrogen) atoms. The fourth-order valence-electron chi connectivity index (χ4n) is 1.22. The third-order valence-electron chi connectivity index (χ3n) is 1.98. The molecule has 0 bridgehead atoms. The van der Waals surface area contributed by atoms with Crippen LogP contribution >= 0.6 is 12.4 Å². The average Bonchev–Trinajstić information content (AvgIpc) is 2.30. The molecule has 0 unspecified atom stereocenters. The van der Waals surface area contributed by atoms with Crippen LogP contribution in [0.1, 0.15) is 0 Å². The van der Waals surface area contributed by atoms with E-state index in [0.29, 0.717) is 0 Å². The number of aromatic nitrogens is 2. The molecule has 1 aromatic carbocycles. The summed E-state index contributed by atoms with van der Waals surface area (Å²) in [6, 6.07) is 11.9. The lowest BCUT2D eigenvalue weighted by Crippen LogP contribution is -2.07. The molecule has 4 heteroatoms. The Labute approximate surface area is 94.5 Å². The van der Waals surface area contributed by atoms with E-state index in [1.807, 2.05) is 47.3 Å². The molecule has 0 spiro atoms. The van der Waals surface area contributed by atoms with Gasteiger partial charge in [-0.15, -0.1) is 12.4 Å². The monoisotopic (exact) mass is 221 g/mol. The van der Waals surface area contributed by atoms with Crippen LogP contribution in [-0.2, 0) is 0 Å². The number of rotatable bonds is 1. The van der Waals surface area contributed by atoms with Crippen molar-refractivity contribution < 1.29 is 0 Å². The Bertz CT molecular complexity index is 456. The first-order valence-electron chi connectivity index (χ1n) is 4.43. The van der Waals surface area contributed by atoms with Crippen molar-refractivity contribution in [2.75, 3.05) is 7.05 Å². The van der Waals surface area contributed by atoms with E-state index >= 15 is 0 Å². The van der Waals surface area contributed by atoms with E-state index in [4.69, 9.17) is 0 Å². The van der Waals surface area contributed by atoms with Crippen LogP contribution in [0.2, 0.25) is 0 Å². The number of hydrogen-bond donors (Lipinski definition) is 0. The van der Waals surface area contributed by atoms with Crippen LogP contribution in [-0.4, -0.2) is 16.8 Å². The van der Waals surface area contributed by atoms with Crippen molar-refractivity contribution in [2.24, 2.45) is 4.99 Å². The van der Waals surface area contributed by atoms with E-state index in [1.54, 1.807) is 13.2 Å². The normalized spacial score (nSPS) is 10.9. The average molecular weight is 222 g/mol. The van der Waals surface area contributed by atoms with Gasteiger partial charge >= 0.3 is 0 Å². The van der Waals surface area contributed by atoms with E-state index in [9.17, 15) is 0 Å². The van der Waals surface area contributed by atoms with Crippen molar-refractivity contribution >= 4 is 12.4 Å². The largest absolute Gasteiger partial charge is 0.287 e. The maximum atomic E-state index is 4.24. The molecule has 78 valence electrons. The van der Waals surface area contributed by atoms with Crippen LogP contribution in [0.4, 0.5) is 0 Å². The number of para-hydroxylation sites is 1. The Kier molecular flexibility index (Phi) is 4.06. The molecule has 3 nitrogen and oxygen atoms in total. The van der Waals surface area contributed by atoms with Crippen LogP contribution in [0.25, 0.3) is 5.69 Å². The minimum Gasteiger partial charge on any atom is -0.287 e. The summed E-state index contributed by atoms with van der Waals surface area (Å²) in [7, 11) is 1.75. The van der Waals surface area contributed by atoms with Crippen LogP contribution in [0.15, 0.2) is 53.8 Å². The summed E-state index contributed by atoms with van der Waals surface area (Å²) in [5.74, 6) is 0. The molecule has 2 rings (SSSR count). The van der Waals surface area contributed by atoms with Gasteiger partial charge in [-0.3, -0.25) is 4.99 Å². The van der Waals surface area contributed by atoms with Crippen LogP contribution in [0.3, 0.4) is 0 Å². The second-order valence-electron chi connectivity index (χ2n) is 2.89. The van der Waals surface area contributed by atoms with Gasteiger partial charge in [0.1, 0.15) is 0 Å². The van der Waals surface area contributed by atoms with Gasteiger partial charge in [0.2, 0.25) is 0 Å². The third kappa shape index (κ3) is 2.67. The second kappa shape index (κ2) is 5.32. The van der Waals surface area contributed by atoms with Crippen molar-refractivity contribution in [3.8, 4) is 5.69 Å². The van der Waals surface area contributed by atoms with E-state index in [-0.39, 0.29) is 12.4 Å². The Hall–Kier alpha value is -1.61. The van der Waals surface area contributed by atoms with Gasteiger partial charge in [0.15, 0.2) is 0 Å². The highest BCUT2D eigenvalue weighted by Gasteiger charge is 1.91. The highest BCUT2D eigenvalue weighted by Crippen LogP contribution is 2.02. The fraction of sp³-hybridized carbons (Fsp3) is 0.0909. The molecule has 0 saturated carbocycles. The lowest BCUT2D eigenvalue weighted by molar-refractivity contribution is 0.831.